The van der Waals surface area contributed by atoms with Crippen LogP contribution < -0.4 is 4.70 Å². The summed E-state index contributed by atoms with van der Waals surface area (Å²) < 4.78 is 1.42. The van der Waals surface area contributed by atoms with Crippen LogP contribution in [0, 0.1) is 0 Å². The minimum atomic E-state index is -0.516. The fourth-order valence-corrected chi connectivity index (χ4v) is 7.03. The monoisotopic (exact) mass is 814 g/mol. The van der Waals surface area contributed by atoms with E-state index in [9.17, 15) is 15.3 Å². The van der Waals surface area contributed by atoms with Gasteiger partial charge in [0.1, 0.15) is 18.3 Å². The maximum atomic E-state index is 9.99. The highest BCUT2D eigenvalue weighted by atomic mass is 19.0. The molecule has 0 aromatic heterocycles. The molecule has 5 heteroatoms. The Kier molecular flexibility index (Phi) is 26.5. The van der Waals surface area contributed by atoms with E-state index in [1.54, 1.807) is 0 Å². The first-order valence-electron chi connectivity index (χ1n) is 22.1. The lowest BCUT2D eigenvalue weighted by Crippen LogP contribution is -3.00. The van der Waals surface area contributed by atoms with Crippen molar-refractivity contribution in [1.29, 1.82) is 0 Å². The number of aliphatic hydroxyl groups excluding tert-OH is 3. The molecule has 0 saturated heterocycles. The number of quaternary nitrogens is 1. The van der Waals surface area contributed by atoms with E-state index in [-0.39, 0.29) is 4.70 Å². The van der Waals surface area contributed by atoms with Crippen LogP contribution in [-0.4, -0.2) is 46.0 Å². The Balaban J connectivity index is 0.000000275. The van der Waals surface area contributed by atoms with Crippen molar-refractivity contribution in [3.63, 3.8) is 0 Å². The molecular formula is C55H72FNO3. The van der Waals surface area contributed by atoms with Crippen LogP contribution in [0.2, 0.25) is 0 Å². The van der Waals surface area contributed by atoms with Crippen molar-refractivity contribution in [2.24, 2.45) is 0 Å². The van der Waals surface area contributed by atoms with Gasteiger partial charge in [0.15, 0.2) is 0 Å². The van der Waals surface area contributed by atoms with Gasteiger partial charge >= 0.3 is 0 Å². The molecule has 3 N–H and O–H groups in total. The zero-order valence-electron chi connectivity index (χ0n) is 36.7. The fourth-order valence-electron chi connectivity index (χ4n) is 7.03. The first-order valence-corrected chi connectivity index (χ1v) is 22.1. The van der Waals surface area contributed by atoms with Gasteiger partial charge in [-0.25, -0.2) is 0 Å². The van der Waals surface area contributed by atoms with E-state index in [1.807, 2.05) is 182 Å². The second-order valence-corrected chi connectivity index (χ2v) is 15.3. The predicted molar refractivity (Wildman–Crippen MR) is 250 cm³/mol. The molecule has 0 unspecified atom stereocenters. The van der Waals surface area contributed by atoms with Gasteiger partial charge < -0.3 is 24.5 Å². The van der Waals surface area contributed by atoms with Crippen LogP contribution in [-0.2, 0) is 0 Å². The molecule has 4 nitrogen and oxygen atoms in total. The van der Waals surface area contributed by atoms with E-state index in [2.05, 4.69) is 27.7 Å². The van der Waals surface area contributed by atoms with E-state index in [0.717, 1.165) is 33.4 Å². The number of nitrogens with zero attached hydrogens (tertiary/aromatic N) is 1. The summed E-state index contributed by atoms with van der Waals surface area (Å²) in [5.74, 6) is 0. The molecule has 322 valence electrons. The Morgan fingerprint density at radius 1 is 0.300 bits per heavy atom. The van der Waals surface area contributed by atoms with Gasteiger partial charge in [-0.1, -0.05) is 235 Å². The number of hydrogen-bond acceptors (Lipinski definition) is 3. The maximum Gasteiger partial charge on any atom is 0.104 e. The van der Waals surface area contributed by atoms with Crippen LogP contribution in [0.4, 0.5) is 0 Å². The van der Waals surface area contributed by atoms with Crippen molar-refractivity contribution < 1.29 is 24.5 Å². The number of unbranched alkanes of at least 4 members (excludes halogenated alkanes) is 4. The van der Waals surface area contributed by atoms with Gasteiger partial charge in [-0.05, 0) is 59.1 Å². The first kappa shape index (κ1) is 51.2. The maximum absolute atomic E-state index is 9.99. The molecule has 0 aliphatic rings. The Morgan fingerprint density at radius 2 is 0.450 bits per heavy atom. The molecule has 6 rings (SSSR count). The minimum absolute atomic E-state index is 0. The van der Waals surface area contributed by atoms with Crippen molar-refractivity contribution in [3.05, 3.63) is 215 Å². The Labute approximate surface area is 362 Å². The number of halogens is 1. The third-order valence-electron chi connectivity index (χ3n) is 10.6. The predicted octanol–water partition coefficient (Wildman–Crippen LogP) is 10.3. The second-order valence-electron chi connectivity index (χ2n) is 15.3. The molecule has 0 amide bonds. The molecule has 0 fully saturated rings. The van der Waals surface area contributed by atoms with Crippen molar-refractivity contribution in [2.75, 3.05) is 26.2 Å². The summed E-state index contributed by atoms with van der Waals surface area (Å²) in [5.41, 5.74) is 5.58. The van der Waals surface area contributed by atoms with Gasteiger partial charge in [0.25, 0.3) is 0 Å². The summed E-state index contributed by atoms with van der Waals surface area (Å²) in [4.78, 5) is 0. The lowest BCUT2D eigenvalue weighted by atomic mass is 10.0. The highest BCUT2D eigenvalue weighted by molar-refractivity contribution is 5.31. The molecule has 0 atom stereocenters. The molecule has 6 aromatic rings. The van der Waals surface area contributed by atoms with E-state index in [1.165, 1.54) is 82.0 Å². The van der Waals surface area contributed by atoms with E-state index in [4.69, 9.17) is 0 Å². The van der Waals surface area contributed by atoms with Gasteiger partial charge in [0, 0.05) is 0 Å². The van der Waals surface area contributed by atoms with E-state index < -0.39 is 18.3 Å². The van der Waals surface area contributed by atoms with Crippen molar-refractivity contribution in [2.45, 2.75) is 97.4 Å². The number of aliphatic hydroxyl groups is 3. The summed E-state index contributed by atoms with van der Waals surface area (Å²) in [7, 11) is 0. The topological polar surface area (TPSA) is 60.7 Å². The average molecular weight is 814 g/mol. The van der Waals surface area contributed by atoms with Crippen LogP contribution in [0.25, 0.3) is 0 Å². The largest absolute Gasteiger partial charge is 1.00 e. The van der Waals surface area contributed by atoms with E-state index >= 15 is 0 Å². The van der Waals surface area contributed by atoms with Gasteiger partial charge in [-0.3, -0.25) is 0 Å². The summed E-state index contributed by atoms with van der Waals surface area (Å²) in [5, 5.41) is 30.0. The van der Waals surface area contributed by atoms with Gasteiger partial charge in [-0.2, -0.15) is 0 Å². The van der Waals surface area contributed by atoms with Gasteiger partial charge in [0.2, 0.25) is 0 Å². The summed E-state index contributed by atoms with van der Waals surface area (Å²) >= 11 is 0. The standard InChI is InChI=1S/C16H36N.3C13H12O.FH/c1-5-9-13-17(14-10-6-2,15-11-7-3)16-12-8-4;3*14-13(11-7-3-1-4-8-11)12-9-5-2-6-10-12;/h5-16H2,1-4H3;3*1-10,13-14H;1H/q+1;;;;/p-1. The van der Waals surface area contributed by atoms with Crippen LogP contribution in [0.1, 0.15) is 131 Å². The van der Waals surface area contributed by atoms with Crippen molar-refractivity contribution in [1.82, 2.24) is 0 Å². The quantitative estimate of drug-likeness (QED) is 0.0758. The molecular weight excluding hydrogens is 742 g/mol. The molecule has 0 aliphatic carbocycles. The summed E-state index contributed by atoms with van der Waals surface area (Å²) in [6.45, 7) is 15.0. The molecule has 0 radical (unpaired) electrons. The third-order valence-corrected chi connectivity index (χ3v) is 10.6. The fraction of sp³-hybridized carbons (Fsp3) is 0.345. The highest BCUT2D eigenvalue weighted by Crippen LogP contribution is 2.23. The minimum Gasteiger partial charge on any atom is -1.00 e. The Hall–Kier alpha value is -4.91. The van der Waals surface area contributed by atoms with Crippen molar-refractivity contribution >= 4 is 0 Å². The number of benzene rings is 6. The molecule has 6 aromatic carbocycles. The lowest BCUT2D eigenvalue weighted by Gasteiger charge is -2.39. The average Bonchev–Trinajstić information content (AvgIpc) is 3.32. The number of hydrogen-bond donors (Lipinski definition) is 3. The molecule has 60 heavy (non-hydrogen) atoms. The van der Waals surface area contributed by atoms with Crippen LogP contribution in [0.15, 0.2) is 182 Å². The van der Waals surface area contributed by atoms with Gasteiger partial charge in [-0.15, -0.1) is 0 Å². The van der Waals surface area contributed by atoms with Crippen molar-refractivity contribution in [3.8, 4) is 0 Å². The van der Waals surface area contributed by atoms with Crippen LogP contribution in [0.3, 0.4) is 0 Å². The normalized spacial score (nSPS) is 10.7. The van der Waals surface area contributed by atoms with Crippen LogP contribution in [0.5, 0.6) is 0 Å². The zero-order valence-corrected chi connectivity index (χ0v) is 36.7. The van der Waals surface area contributed by atoms with Gasteiger partial charge in [0.05, 0.1) is 26.2 Å². The molecule has 0 aliphatic heterocycles. The molecule has 0 bridgehead atoms. The smallest absolute Gasteiger partial charge is 0.104 e. The molecule has 0 spiro atoms. The second kappa shape index (κ2) is 31.0. The third kappa shape index (κ3) is 19.0. The molecule has 0 saturated carbocycles. The number of rotatable bonds is 18. The molecule has 0 heterocycles. The summed E-state index contributed by atoms with van der Waals surface area (Å²) in [6, 6.07) is 58.0. The SMILES string of the molecule is CCCC[N+](CCCC)(CCCC)CCCC.OC(c1ccccc1)c1ccccc1.OC(c1ccccc1)c1ccccc1.OC(c1ccccc1)c1ccccc1.[F-]. The zero-order chi connectivity index (χ0) is 42.4. The Bertz CT molecular complexity index is 1500. The first-order chi connectivity index (χ1) is 28.9. The summed E-state index contributed by atoms with van der Waals surface area (Å²) in [6.07, 6.45) is 9.51. The lowest BCUT2D eigenvalue weighted by molar-refractivity contribution is -0.929. The van der Waals surface area contributed by atoms with Crippen LogP contribution >= 0.6 is 0 Å². The Morgan fingerprint density at radius 3 is 0.583 bits per heavy atom. The van der Waals surface area contributed by atoms with E-state index in [0.29, 0.717) is 0 Å². The highest BCUT2D eigenvalue weighted by Gasteiger charge is 2.24.